The minimum Gasteiger partial charge on any atom is -0.512 e. The molecule has 0 saturated heterocycles. The van der Waals surface area contributed by atoms with Crippen LogP contribution in [-0.2, 0) is 36.7 Å². The maximum absolute atomic E-state index is 11.7. The Morgan fingerprint density at radius 2 is 1.60 bits per heavy atom. The van der Waals surface area contributed by atoms with Crippen LogP contribution in [0.1, 0.15) is 97.8 Å². The van der Waals surface area contributed by atoms with Crippen LogP contribution in [0.15, 0.2) is 83.0 Å². The van der Waals surface area contributed by atoms with Gasteiger partial charge in [0.25, 0.3) is 0 Å². The largest absolute Gasteiger partial charge is 0.512 e. The molecule has 0 aliphatic heterocycles. The molecule has 6 rings (SSSR count). The molecule has 48 heavy (non-hydrogen) atoms. The van der Waals surface area contributed by atoms with Gasteiger partial charge in [0.05, 0.1) is 11.3 Å². The van der Waals surface area contributed by atoms with Crippen molar-refractivity contribution in [3.63, 3.8) is 0 Å². The van der Waals surface area contributed by atoms with Crippen molar-refractivity contribution in [2.45, 2.75) is 92.9 Å². The molecule has 5 heteroatoms. The van der Waals surface area contributed by atoms with Gasteiger partial charge in [0.1, 0.15) is 11.3 Å². The van der Waals surface area contributed by atoms with Crippen molar-refractivity contribution >= 4 is 27.7 Å². The van der Waals surface area contributed by atoms with E-state index in [-0.39, 0.29) is 48.9 Å². The number of para-hydroxylation sites is 1. The van der Waals surface area contributed by atoms with Gasteiger partial charge in [0, 0.05) is 49.0 Å². The van der Waals surface area contributed by atoms with Gasteiger partial charge >= 0.3 is 0 Å². The summed E-state index contributed by atoms with van der Waals surface area (Å²) in [6, 6.07) is 27.0. The van der Waals surface area contributed by atoms with E-state index in [2.05, 4.69) is 88.4 Å². The van der Waals surface area contributed by atoms with Gasteiger partial charge in [-0.3, -0.25) is 9.78 Å². The van der Waals surface area contributed by atoms with Crippen LogP contribution in [0.25, 0.3) is 44.5 Å². The van der Waals surface area contributed by atoms with Crippen LogP contribution in [0.4, 0.5) is 0 Å². The van der Waals surface area contributed by atoms with Crippen molar-refractivity contribution in [3.05, 3.63) is 101 Å². The molecule has 0 bridgehead atoms. The molecular weight excluding hydrogens is 771 g/mol. The first-order chi connectivity index (χ1) is 22.5. The van der Waals surface area contributed by atoms with Crippen LogP contribution in [0.2, 0.25) is 0 Å². The van der Waals surface area contributed by atoms with Crippen molar-refractivity contribution in [1.82, 2.24) is 4.98 Å². The van der Waals surface area contributed by atoms with E-state index in [1.54, 1.807) is 0 Å². The predicted octanol–water partition coefficient (Wildman–Crippen LogP) is 11.8. The summed E-state index contributed by atoms with van der Waals surface area (Å²) in [6.45, 7) is 17.2. The second-order valence-corrected chi connectivity index (χ2v) is 13.9. The minimum absolute atomic E-state index is 0. The van der Waals surface area contributed by atoms with E-state index in [1.807, 2.05) is 39.8 Å². The number of aliphatic hydroxyl groups is 1. The quantitative estimate of drug-likeness (QED) is 0.0866. The van der Waals surface area contributed by atoms with Crippen molar-refractivity contribution in [1.29, 1.82) is 0 Å². The Morgan fingerprint density at radius 1 is 0.917 bits per heavy atom. The monoisotopic (exact) mass is 821 g/mol. The molecule has 0 unspecified atom stereocenters. The summed E-state index contributed by atoms with van der Waals surface area (Å²) in [5, 5.41) is 12.1. The van der Waals surface area contributed by atoms with E-state index in [0.717, 1.165) is 65.8 Å². The van der Waals surface area contributed by atoms with Gasteiger partial charge < -0.3 is 9.52 Å². The summed E-state index contributed by atoms with van der Waals surface area (Å²) in [6.07, 6.45) is 5.99. The molecule has 1 N–H and O–H groups in total. The first-order valence-electron chi connectivity index (χ1n) is 17.5. The topological polar surface area (TPSA) is 63.3 Å². The van der Waals surface area contributed by atoms with Gasteiger partial charge in [-0.1, -0.05) is 97.4 Å². The fourth-order valence-electron chi connectivity index (χ4n) is 7.21. The summed E-state index contributed by atoms with van der Waals surface area (Å²) >= 11 is 0. The molecule has 0 spiro atoms. The first kappa shape index (κ1) is 37.3. The second-order valence-electron chi connectivity index (χ2n) is 13.9. The molecule has 0 amide bonds. The molecule has 1 aliphatic carbocycles. The zero-order chi connectivity index (χ0) is 33.9. The number of fused-ring (bicyclic) bond motifs is 6. The normalized spacial score (nSPS) is 13.4. The standard InChI is InChI=1S/C30H26NO.C13H24O2.Ir/c1-18(2)16-19-12-14-24-20(17-19)13-15-25(31-24)21-9-7-10-23-27(21)30(3,4)28-22-8-5-6-11-26(22)32-29(23)28;1-5-10(6-2)12(14)9-13(15)11(7-3)8-4;/h5-8,10-15,17-18H,16H2,1-4H3;9-11,14H,5-8H2,1-4H3;/q-1;;/b;12-9-;. The number of nitrogens with zero attached hydrogens (tertiary/aromatic N) is 1. The maximum Gasteiger partial charge on any atom is 0.162 e. The van der Waals surface area contributed by atoms with Crippen molar-refractivity contribution < 1.29 is 34.4 Å². The summed E-state index contributed by atoms with van der Waals surface area (Å²) in [5.74, 6) is 2.18. The second kappa shape index (κ2) is 15.8. The van der Waals surface area contributed by atoms with Crippen LogP contribution in [-0.4, -0.2) is 15.9 Å². The Balaban J connectivity index is 0.000000279. The van der Waals surface area contributed by atoms with Crippen LogP contribution in [0, 0.1) is 23.8 Å². The Hall–Kier alpha value is -3.53. The third kappa shape index (κ3) is 7.38. The average molecular weight is 821 g/mol. The van der Waals surface area contributed by atoms with Crippen molar-refractivity contribution in [3.8, 4) is 22.6 Å². The van der Waals surface area contributed by atoms with E-state index in [9.17, 15) is 9.90 Å². The van der Waals surface area contributed by atoms with E-state index in [4.69, 9.17) is 9.40 Å². The average Bonchev–Trinajstić information content (AvgIpc) is 3.55. The van der Waals surface area contributed by atoms with Gasteiger partial charge in [0.15, 0.2) is 5.78 Å². The number of ketones is 1. The number of pyridine rings is 1. The Kier molecular flexibility index (Phi) is 12.3. The molecule has 0 saturated carbocycles. The molecular formula is C43H50IrNO3-. The van der Waals surface area contributed by atoms with Crippen molar-refractivity contribution in [2.75, 3.05) is 0 Å². The molecule has 2 heterocycles. The number of carbonyl (C=O) groups is 1. The maximum atomic E-state index is 11.7. The van der Waals surface area contributed by atoms with Crippen LogP contribution in [0.5, 0.6) is 0 Å². The molecule has 3 aromatic carbocycles. The molecule has 1 radical (unpaired) electrons. The van der Waals surface area contributed by atoms with Crippen LogP contribution in [0.3, 0.4) is 0 Å². The fraction of sp³-hybridized carbons (Fsp3) is 0.395. The van der Waals surface area contributed by atoms with E-state index in [0.29, 0.717) is 5.92 Å². The molecule has 255 valence electrons. The molecule has 0 atom stereocenters. The Bertz CT molecular complexity index is 1910. The SMILES string of the molecule is CC(C)Cc1ccc2nc(-c3[c-]ccc4c3C(C)(C)c3c-4oc4ccccc34)ccc2c1.CCC(CC)C(=O)/C=C(\O)C(CC)CC.[Ir]. The van der Waals surface area contributed by atoms with Gasteiger partial charge in [-0.05, 0) is 78.3 Å². The predicted molar refractivity (Wildman–Crippen MR) is 196 cm³/mol. The van der Waals surface area contributed by atoms with Gasteiger partial charge in [-0.25, -0.2) is 0 Å². The fourth-order valence-corrected chi connectivity index (χ4v) is 7.21. The van der Waals surface area contributed by atoms with Crippen LogP contribution >= 0.6 is 0 Å². The van der Waals surface area contributed by atoms with Gasteiger partial charge in [0.2, 0.25) is 0 Å². The number of hydrogen-bond donors (Lipinski definition) is 1. The number of allylic oxidation sites excluding steroid dienone is 2. The summed E-state index contributed by atoms with van der Waals surface area (Å²) < 4.78 is 6.34. The number of rotatable bonds is 10. The van der Waals surface area contributed by atoms with E-state index >= 15 is 0 Å². The summed E-state index contributed by atoms with van der Waals surface area (Å²) in [4.78, 5) is 16.8. The number of benzene rings is 3. The first-order valence-corrected chi connectivity index (χ1v) is 17.5. The summed E-state index contributed by atoms with van der Waals surface area (Å²) in [7, 11) is 0. The number of carbonyl (C=O) groups excluding carboxylic acids is 1. The third-order valence-electron chi connectivity index (χ3n) is 9.82. The van der Waals surface area contributed by atoms with Crippen LogP contribution < -0.4 is 0 Å². The summed E-state index contributed by atoms with van der Waals surface area (Å²) in [5.41, 5.74) is 8.86. The van der Waals surface area contributed by atoms with Crippen molar-refractivity contribution in [2.24, 2.45) is 17.8 Å². The molecule has 4 nitrogen and oxygen atoms in total. The molecule has 5 aromatic rings. The Morgan fingerprint density at radius 3 is 2.27 bits per heavy atom. The van der Waals surface area contributed by atoms with Gasteiger partial charge in [-0.2, -0.15) is 0 Å². The van der Waals surface area contributed by atoms with Gasteiger partial charge in [-0.15, -0.1) is 29.3 Å². The Labute approximate surface area is 300 Å². The van der Waals surface area contributed by atoms with E-state index in [1.165, 1.54) is 33.5 Å². The third-order valence-corrected chi connectivity index (χ3v) is 9.82. The molecule has 2 aromatic heterocycles. The number of aromatic nitrogens is 1. The minimum atomic E-state index is -0.192. The van der Waals surface area contributed by atoms with E-state index < -0.39 is 0 Å². The molecule has 1 aliphatic rings. The zero-order valence-electron chi connectivity index (χ0n) is 29.7. The number of furan rings is 1. The zero-order valence-corrected chi connectivity index (χ0v) is 32.1. The number of hydrogen-bond acceptors (Lipinski definition) is 4. The number of aliphatic hydroxyl groups excluding tert-OH is 1. The smallest absolute Gasteiger partial charge is 0.162 e. The molecule has 0 fully saturated rings.